The quantitative estimate of drug-likeness (QED) is 0.610. The van der Waals surface area contributed by atoms with Crippen LogP contribution in [0.3, 0.4) is 0 Å². The van der Waals surface area contributed by atoms with Crippen molar-refractivity contribution in [1.82, 2.24) is 5.32 Å². The number of ketones is 1. The first-order valence-corrected chi connectivity index (χ1v) is 7.57. The maximum atomic E-state index is 12.0. The zero-order chi connectivity index (χ0) is 17.1. The molecule has 1 rings (SSSR count). The van der Waals surface area contributed by atoms with Gasteiger partial charge in [-0.1, -0.05) is 62.9 Å². The van der Waals surface area contributed by atoms with Crippen LogP contribution in [-0.4, -0.2) is 18.2 Å². The van der Waals surface area contributed by atoms with Gasteiger partial charge in [0.1, 0.15) is 0 Å². The normalized spacial score (nSPS) is 10.7. The monoisotopic (exact) mass is 301 g/mol. The van der Waals surface area contributed by atoms with Gasteiger partial charge in [0.05, 0.1) is 6.54 Å². The number of nitrogens with one attached hydrogen (secondary N) is 1. The zero-order valence-corrected chi connectivity index (χ0v) is 14.1. The third-order valence-electron chi connectivity index (χ3n) is 3.06. The third-order valence-corrected chi connectivity index (χ3v) is 3.06. The lowest BCUT2D eigenvalue weighted by Gasteiger charge is -2.17. The molecule has 1 aromatic rings. The van der Waals surface area contributed by atoms with Gasteiger partial charge in [-0.25, -0.2) is 0 Å². The fourth-order valence-electron chi connectivity index (χ4n) is 1.89. The van der Waals surface area contributed by atoms with Crippen molar-refractivity contribution in [3.05, 3.63) is 60.2 Å². The third kappa shape index (κ3) is 7.02. The Morgan fingerprint density at radius 2 is 1.64 bits per heavy atom. The first-order valence-electron chi connectivity index (χ1n) is 7.57. The number of rotatable bonds is 7. The van der Waals surface area contributed by atoms with Crippen LogP contribution in [0, 0.1) is 0 Å². The average Bonchev–Trinajstić information content (AvgIpc) is 2.52. The van der Waals surface area contributed by atoms with E-state index in [1.54, 1.807) is 6.92 Å². The summed E-state index contributed by atoms with van der Waals surface area (Å²) < 4.78 is 0. The Morgan fingerprint density at radius 1 is 1.09 bits per heavy atom. The molecule has 0 fully saturated rings. The number of hydrogen-bond acceptors (Lipinski definition) is 2. The smallest absolute Gasteiger partial charge is 0.246 e. The van der Waals surface area contributed by atoms with Crippen molar-refractivity contribution >= 4 is 11.7 Å². The molecule has 1 N–H and O–H groups in total. The minimum absolute atomic E-state index is 0.00886. The summed E-state index contributed by atoms with van der Waals surface area (Å²) in [6.07, 6.45) is 0.343. The Labute approximate surface area is 134 Å². The van der Waals surface area contributed by atoms with Crippen molar-refractivity contribution in [2.45, 2.75) is 40.0 Å². The molecule has 1 atom stereocenters. The molecule has 3 nitrogen and oxygen atoms in total. The lowest BCUT2D eigenvalue weighted by atomic mass is 9.88. The first-order chi connectivity index (χ1) is 10.4. The topological polar surface area (TPSA) is 46.2 Å². The van der Waals surface area contributed by atoms with Gasteiger partial charge in [0.25, 0.3) is 0 Å². The second kappa shape index (κ2) is 10.6. The lowest BCUT2D eigenvalue weighted by molar-refractivity contribution is -0.123. The fraction of sp³-hybridized carbons (Fsp3) is 0.368. The van der Waals surface area contributed by atoms with E-state index < -0.39 is 0 Å². The van der Waals surface area contributed by atoms with E-state index in [1.165, 1.54) is 0 Å². The van der Waals surface area contributed by atoms with Crippen molar-refractivity contribution in [2.75, 3.05) is 6.54 Å². The molecule has 0 saturated heterocycles. The molecule has 0 aliphatic rings. The van der Waals surface area contributed by atoms with E-state index in [2.05, 4.69) is 18.5 Å². The summed E-state index contributed by atoms with van der Waals surface area (Å²) >= 11 is 0. The van der Waals surface area contributed by atoms with Crippen LogP contribution in [0.2, 0.25) is 0 Å². The van der Waals surface area contributed by atoms with Gasteiger partial charge in [-0.2, -0.15) is 0 Å². The van der Waals surface area contributed by atoms with Crippen molar-refractivity contribution < 1.29 is 9.59 Å². The van der Waals surface area contributed by atoms with Gasteiger partial charge < -0.3 is 5.32 Å². The van der Waals surface area contributed by atoms with E-state index in [0.717, 1.165) is 11.1 Å². The molecule has 22 heavy (non-hydrogen) atoms. The summed E-state index contributed by atoms with van der Waals surface area (Å²) in [6, 6.07) is 9.79. The van der Waals surface area contributed by atoms with Crippen LogP contribution >= 0.6 is 0 Å². The zero-order valence-electron chi connectivity index (χ0n) is 14.1. The number of benzene rings is 1. The van der Waals surface area contributed by atoms with E-state index in [0.29, 0.717) is 12.0 Å². The summed E-state index contributed by atoms with van der Waals surface area (Å²) in [5.41, 5.74) is 2.41. The lowest BCUT2D eigenvalue weighted by Crippen LogP contribution is -2.30. The first kappa shape index (κ1) is 19.8. The molecule has 0 spiro atoms. The van der Waals surface area contributed by atoms with Crippen molar-refractivity contribution in [3.8, 4) is 0 Å². The van der Waals surface area contributed by atoms with Gasteiger partial charge >= 0.3 is 0 Å². The van der Waals surface area contributed by atoms with Crippen LogP contribution in [-0.2, 0) is 9.59 Å². The highest BCUT2D eigenvalue weighted by atomic mass is 16.2. The van der Waals surface area contributed by atoms with Gasteiger partial charge in [0.15, 0.2) is 5.78 Å². The van der Waals surface area contributed by atoms with Gasteiger partial charge in [-0.05, 0) is 19.4 Å². The van der Waals surface area contributed by atoms with Gasteiger partial charge in [-0.15, -0.1) is 0 Å². The summed E-state index contributed by atoms with van der Waals surface area (Å²) in [5, 5.41) is 2.56. The Bertz CT molecular complexity index is 517. The maximum absolute atomic E-state index is 12.0. The molecular weight excluding hydrogens is 274 g/mol. The Morgan fingerprint density at radius 3 is 2.09 bits per heavy atom. The molecule has 1 amide bonds. The number of hydrogen-bond donors (Lipinski definition) is 1. The number of carbonyl (C=O) groups is 2. The predicted molar refractivity (Wildman–Crippen MR) is 92.8 cm³/mol. The van der Waals surface area contributed by atoms with Crippen LogP contribution in [0.15, 0.2) is 54.6 Å². The second-order valence-electron chi connectivity index (χ2n) is 5.02. The Hall–Kier alpha value is -2.16. The van der Waals surface area contributed by atoms with E-state index in [-0.39, 0.29) is 24.2 Å². The molecule has 120 valence electrons. The van der Waals surface area contributed by atoms with Crippen LogP contribution in [0.5, 0.6) is 0 Å². The van der Waals surface area contributed by atoms with E-state index >= 15 is 0 Å². The Kier molecular flexibility index (Phi) is 9.51. The van der Waals surface area contributed by atoms with Gasteiger partial charge in [0, 0.05) is 17.9 Å². The molecule has 0 aromatic heterocycles. The van der Waals surface area contributed by atoms with Gasteiger partial charge in [0.2, 0.25) is 5.91 Å². The number of allylic oxidation sites excluding steroid dienone is 1. The summed E-state index contributed by atoms with van der Waals surface area (Å²) in [6.45, 7) is 15.0. The molecule has 0 aliphatic carbocycles. The molecule has 0 aliphatic heterocycles. The molecule has 1 aromatic carbocycles. The van der Waals surface area contributed by atoms with Crippen LogP contribution in [0.4, 0.5) is 0 Å². The minimum atomic E-state index is -0.287. The van der Waals surface area contributed by atoms with Crippen LogP contribution < -0.4 is 5.32 Å². The van der Waals surface area contributed by atoms with Gasteiger partial charge in [-0.3, -0.25) is 9.59 Å². The van der Waals surface area contributed by atoms with Crippen molar-refractivity contribution in [2.24, 2.45) is 0 Å². The largest absolute Gasteiger partial charge is 0.345 e. The number of Topliss-reactive ketones (excluding diaryl/α,β-unsaturated/α-hetero) is 1. The molecule has 0 bridgehead atoms. The Balaban J connectivity index is 0.00000211. The van der Waals surface area contributed by atoms with Crippen molar-refractivity contribution in [1.29, 1.82) is 0 Å². The fourth-order valence-corrected chi connectivity index (χ4v) is 1.89. The molecular formula is C19H27NO2. The minimum Gasteiger partial charge on any atom is -0.345 e. The SMILES string of the molecule is C=C(C)C(=O)NCC(=O)CC(C(=C)C)c1ccccc1.CC. The summed E-state index contributed by atoms with van der Waals surface area (Å²) in [4.78, 5) is 23.3. The van der Waals surface area contributed by atoms with E-state index in [4.69, 9.17) is 0 Å². The van der Waals surface area contributed by atoms with Crippen LogP contribution in [0.1, 0.15) is 45.6 Å². The molecule has 0 radical (unpaired) electrons. The average molecular weight is 301 g/mol. The highest BCUT2D eigenvalue weighted by molar-refractivity contribution is 5.95. The summed E-state index contributed by atoms with van der Waals surface area (Å²) in [7, 11) is 0. The number of amides is 1. The summed E-state index contributed by atoms with van der Waals surface area (Å²) in [5.74, 6) is -0.313. The maximum Gasteiger partial charge on any atom is 0.246 e. The molecule has 0 heterocycles. The molecule has 1 unspecified atom stereocenters. The second-order valence-corrected chi connectivity index (χ2v) is 5.02. The van der Waals surface area contributed by atoms with Crippen molar-refractivity contribution in [3.63, 3.8) is 0 Å². The predicted octanol–water partition coefficient (Wildman–Crippen LogP) is 4.02. The molecule has 3 heteroatoms. The standard InChI is InChI=1S/C17H21NO2.C2H6/c1-12(2)16(14-8-6-5-7-9-14)10-15(19)11-18-17(20)13(3)4;1-2/h5-9,16H,1,3,10-11H2,2,4H3,(H,18,20);1-2H3. The number of carbonyl (C=O) groups excluding carboxylic acids is 2. The highest BCUT2D eigenvalue weighted by Crippen LogP contribution is 2.26. The van der Waals surface area contributed by atoms with E-state index in [1.807, 2.05) is 51.1 Å². The highest BCUT2D eigenvalue weighted by Gasteiger charge is 2.17. The van der Waals surface area contributed by atoms with E-state index in [9.17, 15) is 9.59 Å². The van der Waals surface area contributed by atoms with Crippen LogP contribution in [0.25, 0.3) is 0 Å². The molecule has 0 saturated carbocycles.